The minimum absolute atomic E-state index is 0.505. The van der Waals surface area contributed by atoms with E-state index in [-0.39, 0.29) is 0 Å². The van der Waals surface area contributed by atoms with E-state index in [9.17, 15) is 0 Å². The van der Waals surface area contributed by atoms with Crippen LogP contribution in [0.15, 0.2) is 18.6 Å². The summed E-state index contributed by atoms with van der Waals surface area (Å²) in [7, 11) is 4.21. The van der Waals surface area contributed by atoms with Crippen molar-refractivity contribution in [1.29, 1.82) is 0 Å². The van der Waals surface area contributed by atoms with Gasteiger partial charge in [-0.15, -0.1) is 0 Å². The van der Waals surface area contributed by atoms with Crippen LogP contribution in [0.1, 0.15) is 30.3 Å². The second-order valence-corrected chi connectivity index (χ2v) is 5.62. The summed E-state index contributed by atoms with van der Waals surface area (Å²) in [5, 5.41) is 0. The van der Waals surface area contributed by atoms with Gasteiger partial charge in [-0.1, -0.05) is 0 Å². The Morgan fingerprint density at radius 3 is 2.40 bits per heavy atom. The van der Waals surface area contributed by atoms with Crippen molar-refractivity contribution in [3.05, 3.63) is 30.1 Å². The van der Waals surface area contributed by atoms with Crippen LogP contribution in [0.2, 0.25) is 0 Å². The second kappa shape index (κ2) is 5.32. The average Bonchev–Trinajstić information content (AvgIpc) is 2.80. The van der Waals surface area contributed by atoms with Gasteiger partial charge in [-0.2, -0.15) is 0 Å². The van der Waals surface area contributed by atoms with Crippen LogP contribution in [0, 0.1) is 6.92 Å². The minimum atomic E-state index is 0.505. The molecule has 0 amide bonds. The lowest BCUT2D eigenvalue weighted by molar-refractivity contribution is 0.253. The third-order valence-electron chi connectivity index (χ3n) is 4.29. The molecule has 0 unspecified atom stereocenters. The van der Waals surface area contributed by atoms with Crippen molar-refractivity contribution in [3.63, 3.8) is 0 Å². The Morgan fingerprint density at radius 2 is 1.75 bits per heavy atom. The topological polar surface area (TPSA) is 46.8 Å². The summed E-state index contributed by atoms with van der Waals surface area (Å²) in [6, 6.07) is 0. The lowest BCUT2D eigenvalue weighted by Gasteiger charge is -2.29. The van der Waals surface area contributed by atoms with Gasteiger partial charge in [-0.05, 0) is 39.9 Å². The molecule has 0 N–H and O–H groups in total. The fraction of sp³-hybridized carbons (Fsp3) is 0.533. The Morgan fingerprint density at radius 1 is 1.05 bits per heavy atom. The second-order valence-electron chi connectivity index (χ2n) is 5.62. The zero-order valence-corrected chi connectivity index (χ0v) is 12.4. The molecule has 1 fully saturated rings. The maximum atomic E-state index is 4.63. The molecule has 1 aliphatic heterocycles. The number of likely N-dealkylation sites (tertiary alicyclic amines) is 1. The highest BCUT2D eigenvalue weighted by Gasteiger charge is 2.24. The Hall–Kier alpha value is -1.75. The van der Waals surface area contributed by atoms with Gasteiger partial charge in [0.05, 0.1) is 17.6 Å². The van der Waals surface area contributed by atoms with Gasteiger partial charge < -0.3 is 9.47 Å². The van der Waals surface area contributed by atoms with Crippen LogP contribution in [0.5, 0.6) is 0 Å². The first kappa shape index (κ1) is 13.2. The summed E-state index contributed by atoms with van der Waals surface area (Å²) >= 11 is 0. The average molecular weight is 271 g/mol. The number of aromatic nitrogens is 4. The zero-order chi connectivity index (χ0) is 14.1. The molecule has 0 aromatic carbocycles. The molecule has 5 heteroatoms. The highest BCUT2D eigenvalue weighted by atomic mass is 15.1. The summed E-state index contributed by atoms with van der Waals surface area (Å²) in [6.45, 7) is 4.27. The maximum absolute atomic E-state index is 4.63. The maximum Gasteiger partial charge on any atom is 0.110 e. The van der Waals surface area contributed by atoms with E-state index in [0.29, 0.717) is 5.92 Å². The Bertz CT molecular complexity index is 596. The van der Waals surface area contributed by atoms with Crippen molar-refractivity contribution in [2.24, 2.45) is 7.05 Å². The van der Waals surface area contributed by atoms with Gasteiger partial charge in [0.25, 0.3) is 0 Å². The fourth-order valence-corrected chi connectivity index (χ4v) is 2.85. The van der Waals surface area contributed by atoms with E-state index in [2.05, 4.69) is 31.5 Å². The highest BCUT2D eigenvalue weighted by molar-refractivity contribution is 5.58. The van der Waals surface area contributed by atoms with Gasteiger partial charge in [0.2, 0.25) is 0 Å². The molecule has 0 saturated carbocycles. The molecule has 2 aromatic heterocycles. The predicted molar refractivity (Wildman–Crippen MR) is 78.4 cm³/mol. The fourth-order valence-electron chi connectivity index (χ4n) is 2.85. The van der Waals surface area contributed by atoms with Crippen LogP contribution >= 0.6 is 0 Å². The van der Waals surface area contributed by atoms with Gasteiger partial charge in [-0.3, -0.25) is 9.97 Å². The van der Waals surface area contributed by atoms with E-state index in [1.165, 1.54) is 0 Å². The molecular weight excluding hydrogens is 250 g/mol. The monoisotopic (exact) mass is 271 g/mol. The van der Waals surface area contributed by atoms with Crippen LogP contribution in [-0.4, -0.2) is 44.6 Å². The smallest absolute Gasteiger partial charge is 0.110 e. The molecule has 0 aliphatic carbocycles. The zero-order valence-electron chi connectivity index (χ0n) is 12.4. The predicted octanol–water partition coefficient (Wildman–Crippen LogP) is 1.99. The SMILES string of the molecule is Cc1ncc(-c2nccnc2C2CCN(C)CC2)n1C. The molecule has 3 heterocycles. The Kier molecular flexibility index (Phi) is 3.53. The molecule has 1 saturated heterocycles. The number of imidazole rings is 1. The molecular formula is C15H21N5. The first-order valence-corrected chi connectivity index (χ1v) is 7.15. The molecule has 0 radical (unpaired) electrons. The molecule has 0 spiro atoms. The number of hydrogen-bond acceptors (Lipinski definition) is 4. The number of nitrogens with zero attached hydrogens (tertiary/aromatic N) is 5. The van der Waals surface area contributed by atoms with Crippen LogP contribution in [0.25, 0.3) is 11.4 Å². The lowest BCUT2D eigenvalue weighted by atomic mass is 9.91. The van der Waals surface area contributed by atoms with Gasteiger partial charge in [0, 0.05) is 25.4 Å². The molecule has 1 aliphatic rings. The minimum Gasteiger partial charge on any atom is -0.330 e. The van der Waals surface area contributed by atoms with Crippen molar-refractivity contribution in [1.82, 2.24) is 24.4 Å². The first-order valence-electron chi connectivity index (χ1n) is 7.15. The number of aryl methyl sites for hydroxylation is 1. The largest absolute Gasteiger partial charge is 0.330 e. The number of rotatable bonds is 2. The van der Waals surface area contributed by atoms with Gasteiger partial charge in [-0.25, -0.2) is 4.98 Å². The summed E-state index contributed by atoms with van der Waals surface area (Å²) in [5.74, 6) is 1.50. The van der Waals surface area contributed by atoms with E-state index in [0.717, 1.165) is 48.8 Å². The molecule has 0 bridgehead atoms. The summed E-state index contributed by atoms with van der Waals surface area (Å²) in [4.78, 5) is 16.0. The van der Waals surface area contributed by atoms with Crippen molar-refractivity contribution in [2.75, 3.05) is 20.1 Å². The molecule has 5 nitrogen and oxygen atoms in total. The van der Waals surface area contributed by atoms with E-state index < -0.39 is 0 Å². The molecule has 0 atom stereocenters. The summed E-state index contributed by atoms with van der Waals surface area (Å²) in [5.41, 5.74) is 3.18. The quantitative estimate of drug-likeness (QED) is 0.838. The normalized spacial score (nSPS) is 17.6. The van der Waals surface area contributed by atoms with Crippen LogP contribution < -0.4 is 0 Å². The standard InChI is InChI=1S/C15H21N5/c1-11-18-10-13(20(11)3)15-14(16-6-7-17-15)12-4-8-19(2)9-5-12/h6-7,10,12H,4-5,8-9H2,1-3H3. The van der Waals surface area contributed by atoms with Crippen LogP contribution in [0.4, 0.5) is 0 Å². The van der Waals surface area contributed by atoms with E-state index >= 15 is 0 Å². The summed E-state index contributed by atoms with van der Waals surface area (Å²) < 4.78 is 2.09. The Balaban J connectivity index is 1.98. The summed E-state index contributed by atoms with van der Waals surface area (Å²) in [6.07, 6.45) is 7.78. The molecule has 2 aromatic rings. The molecule has 3 rings (SSSR count). The van der Waals surface area contributed by atoms with E-state index in [4.69, 9.17) is 0 Å². The van der Waals surface area contributed by atoms with Gasteiger partial charge >= 0.3 is 0 Å². The van der Waals surface area contributed by atoms with Crippen LogP contribution in [-0.2, 0) is 7.05 Å². The van der Waals surface area contributed by atoms with E-state index in [1.54, 1.807) is 12.4 Å². The molecule has 106 valence electrons. The first-order chi connectivity index (χ1) is 9.66. The Labute approximate surface area is 119 Å². The van der Waals surface area contributed by atoms with Crippen molar-refractivity contribution in [3.8, 4) is 11.4 Å². The van der Waals surface area contributed by atoms with Gasteiger partial charge in [0.1, 0.15) is 11.5 Å². The third-order valence-corrected chi connectivity index (χ3v) is 4.29. The van der Waals surface area contributed by atoms with Crippen molar-refractivity contribution < 1.29 is 0 Å². The van der Waals surface area contributed by atoms with Crippen molar-refractivity contribution >= 4 is 0 Å². The third kappa shape index (κ3) is 2.33. The number of piperidine rings is 1. The van der Waals surface area contributed by atoms with E-state index in [1.807, 2.05) is 20.2 Å². The van der Waals surface area contributed by atoms with Crippen molar-refractivity contribution in [2.45, 2.75) is 25.7 Å². The van der Waals surface area contributed by atoms with Crippen LogP contribution in [0.3, 0.4) is 0 Å². The molecule has 20 heavy (non-hydrogen) atoms. The lowest BCUT2D eigenvalue weighted by Crippen LogP contribution is -2.29. The number of hydrogen-bond donors (Lipinski definition) is 0. The highest BCUT2D eigenvalue weighted by Crippen LogP contribution is 2.32. The van der Waals surface area contributed by atoms with Gasteiger partial charge in [0.15, 0.2) is 0 Å².